The van der Waals surface area contributed by atoms with Crippen molar-refractivity contribution >= 4 is 0 Å². The average Bonchev–Trinajstić information content (AvgIpc) is 2.46. The van der Waals surface area contributed by atoms with Gasteiger partial charge in [0.25, 0.3) is 11.1 Å². The molecule has 1 aromatic heterocycles. The normalized spacial score (nSPS) is 10.0. The summed E-state index contributed by atoms with van der Waals surface area (Å²) < 4.78 is 15.0. The van der Waals surface area contributed by atoms with Crippen molar-refractivity contribution in [2.45, 2.75) is 13.0 Å². The summed E-state index contributed by atoms with van der Waals surface area (Å²) in [6.45, 7) is -0.108. The molecular weight excluding hydrogens is 275 g/mol. The van der Waals surface area contributed by atoms with Crippen molar-refractivity contribution < 1.29 is 9.50 Å². The summed E-state index contributed by atoms with van der Waals surface area (Å²) in [5.74, 6) is 4.90. The van der Waals surface area contributed by atoms with Gasteiger partial charge in [0.15, 0.2) is 0 Å². The molecule has 0 aliphatic carbocycles. The van der Waals surface area contributed by atoms with Crippen molar-refractivity contribution in [2.24, 2.45) is 0 Å². The van der Waals surface area contributed by atoms with Crippen LogP contribution in [0.4, 0.5) is 4.39 Å². The maximum atomic E-state index is 14.0. The molecule has 2 aromatic rings. The van der Waals surface area contributed by atoms with E-state index in [1.54, 1.807) is 6.07 Å². The molecule has 0 unspecified atom stereocenters. The first-order valence-electron chi connectivity index (χ1n) is 6.28. The summed E-state index contributed by atoms with van der Waals surface area (Å²) in [6.07, 6.45) is 0.323. The van der Waals surface area contributed by atoms with E-state index in [9.17, 15) is 14.0 Å². The predicted molar refractivity (Wildman–Crippen MR) is 75.4 cm³/mol. The second kappa shape index (κ2) is 6.68. The Balaban J connectivity index is 2.26. The van der Waals surface area contributed by atoms with Gasteiger partial charge in [0.1, 0.15) is 5.82 Å². The van der Waals surface area contributed by atoms with E-state index >= 15 is 0 Å². The minimum atomic E-state index is -0.512. The first-order valence-corrected chi connectivity index (χ1v) is 6.28. The van der Waals surface area contributed by atoms with Crippen LogP contribution in [0.2, 0.25) is 0 Å². The Morgan fingerprint density at radius 1 is 1.24 bits per heavy atom. The molecule has 21 heavy (non-hydrogen) atoms. The highest BCUT2D eigenvalue weighted by Crippen LogP contribution is 2.10. The summed E-state index contributed by atoms with van der Waals surface area (Å²) in [7, 11) is 0. The third-order valence-corrected chi connectivity index (χ3v) is 2.74. The molecule has 1 aromatic carbocycles. The third kappa shape index (κ3) is 3.91. The number of benzene rings is 1. The van der Waals surface area contributed by atoms with Crippen LogP contribution in [0.15, 0.2) is 39.9 Å². The molecule has 0 fully saturated rings. The number of nitrogens with one attached hydrogen (secondary N) is 1. The minimum Gasteiger partial charge on any atom is -0.395 e. The SMILES string of the molecule is O=c1ccc(=O)n(Cc2ccc(C#CCCO)cc2F)[nH]1. The lowest BCUT2D eigenvalue weighted by Crippen LogP contribution is -2.28. The lowest BCUT2D eigenvalue weighted by Gasteiger charge is -2.06. The smallest absolute Gasteiger partial charge is 0.265 e. The van der Waals surface area contributed by atoms with E-state index in [2.05, 4.69) is 16.9 Å². The van der Waals surface area contributed by atoms with Gasteiger partial charge in [-0.1, -0.05) is 17.9 Å². The lowest BCUT2D eigenvalue weighted by atomic mass is 10.1. The first-order chi connectivity index (χ1) is 10.1. The molecule has 0 spiro atoms. The number of hydrogen-bond donors (Lipinski definition) is 2. The van der Waals surface area contributed by atoms with Crippen LogP contribution >= 0.6 is 0 Å². The highest BCUT2D eigenvalue weighted by molar-refractivity contribution is 5.37. The molecule has 0 radical (unpaired) electrons. The number of hydrogen-bond acceptors (Lipinski definition) is 3. The first kappa shape index (κ1) is 14.8. The summed E-state index contributed by atoms with van der Waals surface area (Å²) in [4.78, 5) is 22.7. The maximum Gasteiger partial charge on any atom is 0.265 e. The van der Waals surface area contributed by atoms with Crippen molar-refractivity contribution in [1.29, 1.82) is 0 Å². The van der Waals surface area contributed by atoms with Crippen molar-refractivity contribution in [2.75, 3.05) is 6.61 Å². The zero-order valence-electron chi connectivity index (χ0n) is 11.1. The fourth-order valence-electron chi connectivity index (χ4n) is 1.72. The molecule has 6 heteroatoms. The van der Waals surface area contributed by atoms with Gasteiger partial charge in [-0.2, -0.15) is 0 Å². The minimum absolute atomic E-state index is 0.0438. The van der Waals surface area contributed by atoms with Crippen LogP contribution in [0.5, 0.6) is 0 Å². The summed E-state index contributed by atoms with van der Waals surface area (Å²) in [5.41, 5.74) is -0.0902. The fourth-order valence-corrected chi connectivity index (χ4v) is 1.72. The van der Waals surface area contributed by atoms with E-state index in [0.29, 0.717) is 12.0 Å². The summed E-state index contributed by atoms with van der Waals surface area (Å²) in [6, 6.07) is 6.64. The monoisotopic (exact) mass is 288 g/mol. The average molecular weight is 288 g/mol. The number of aromatic amines is 1. The molecule has 2 rings (SSSR count). The Morgan fingerprint density at radius 2 is 2.05 bits per heavy atom. The highest BCUT2D eigenvalue weighted by Gasteiger charge is 2.05. The van der Waals surface area contributed by atoms with Gasteiger partial charge in [-0.15, -0.1) is 0 Å². The van der Waals surface area contributed by atoms with E-state index < -0.39 is 16.9 Å². The number of aromatic nitrogens is 2. The van der Waals surface area contributed by atoms with Crippen LogP contribution < -0.4 is 11.1 Å². The molecule has 0 amide bonds. The van der Waals surface area contributed by atoms with Crippen LogP contribution in [0.25, 0.3) is 0 Å². The zero-order valence-corrected chi connectivity index (χ0v) is 11.1. The van der Waals surface area contributed by atoms with E-state index in [1.807, 2.05) is 0 Å². The topological polar surface area (TPSA) is 75.1 Å². The van der Waals surface area contributed by atoms with Crippen LogP contribution in [-0.4, -0.2) is 21.5 Å². The Bertz CT molecular complexity index is 812. The second-order valence-corrected chi connectivity index (χ2v) is 4.32. The summed E-state index contributed by atoms with van der Waals surface area (Å²) >= 11 is 0. The number of nitrogens with zero attached hydrogens (tertiary/aromatic N) is 1. The Labute approximate surface area is 119 Å². The molecule has 1 heterocycles. The van der Waals surface area contributed by atoms with Crippen LogP contribution in [0, 0.1) is 17.7 Å². The van der Waals surface area contributed by atoms with Gasteiger partial charge in [0.2, 0.25) is 0 Å². The number of aliphatic hydroxyl groups is 1. The van der Waals surface area contributed by atoms with Gasteiger partial charge >= 0.3 is 0 Å². The standard InChI is InChI=1S/C15H13FN2O3/c16-13-9-11(3-1-2-8-19)4-5-12(13)10-18-15(21)7-6-14(20)17-18/h4-7,9,19H,2,8,10H2,(H,17,20). The largest absolute Gasteiger partial charge is 0.395 e. The van der Waals surface area contributed by atoms with Crippen LogP contribution in [0.1, 0.15) is 17.5 Å². The molecule has 0 saturated heterocycles. The molecule has 0 aliphatic rings. The maximum absolute atomic E-state index is 14.0. The van der Waals surface area contributed by atoms with Crippen LogP contribution in [0.3, 0.4) is 0 Å². The van der Waals surface area contributed by atoms with Crippen molar-refractivity contribution in [3.05, 3.63) is 68.0 Å². The fraction of sp³-hybridized carbons (Fsp3) is 0.200. The summed E-state index contributed by atoms with van der Waals surface area (Å²) in [5, 5.41) is 11.0. The number of aliphatic hydroxyl groups excluding tert-OH is 1. The Kier molecular flexibility index (Phi) is 4.69. The van der Waals surface area contributed by atoms with E-state index in [0.717, 1.165) is 16.8 Å². The molecule has 2 N–H and O–H groups in total. The predicted octanol–water partition coefficient (Wildman–Crippen LogP) is 0.458. The molecule has 108 valence electrons. The highest BCUT2D eigenvalue weighted by atomic mass is 19.1. The van der Waals surface area contributed by atoms with Gasteiger partial charge in [0.05, 0.1) is 13.2 Å². The zero-order chi connectivity index (χ0) is 15.2. The molecule has 0 atom stereocenters. The third-order valence-electron chi connectivity index (χ3n) is 2.74. The second-order valence-electron chi connectivity index (χ2n) is 4.32. The molecule has 5 nitrogen and oxygen atoms in total. The van der Waals surface area contributed by atoms with Crippen molar-refractivity contribution in [3.63, 3.8) is 0 Å². The van der Waals surface area contributed by atoms with Gasteiger partial charge in [-0.25, -0.2) is 9.07 Å². The quantitative estimate of drug-likeness (QED) is 0.806. The molecule has 0 aliphatic heterocycles. The van der Waals surface area contributed by atoms with Crippen molar-refractivity contribution in [1.82, 2.24) is 9.78 Å². The number of halogens is 1. The molecular formula is C15H13FN2O3. The van der Waals surface area contributed by atoms with Crippen molar-refractivity contribution in [3.8, 4) is 11.8 Å². The molecule has 0 saturated carbocycles. The number of rotatable bonds is 3. The van der Waals surface area contributed by atoms with E-state index in [-0.39, 0.29) is 18.7 Å². The molecule has 0 bridgehead atoms. The van der Waals surface area contributed by atoms with Gasteiger partial charge in [-0.3, -0.25) is 14.7 Å². The Morgan fingerprint density at radius 3 is 2.76 bits per heavy atom. The van der Waals surface area contributed by atoms with E-state index in [4.69, 9.17) is 5.11 Å². The Hall–Kier alpha value is -2.65. The van der Waals surface area contributed by atoms with Gasteiger partial charge in [0, 0.05) is 29.7 Å². The van der Waals surface area contributed by atoms with Crippen LogP contribution in [-0.2, 0) is 6.54 Å². The lowest BCUT2D eigenvalue weighted by molar-refractivity contribution is 0.305. The van der Waals surface area contributed by atoms with E-state index in [1.165, 1.54) is 12.1 Å². The van der Waals surface area contributed by atoms with Gasteiger partial charge in [-0.05, 0) is 12.1 Å². The number of H-pyrrole nitrogens is 1. The van der Waals surface area contributed by atoms with Gasteiger partial charge < -0.3 is 5.11 Å².